The van der Waals surface area contributed by atoms with Crippen molar-refractivity contribution in [2.24, 2.45) is 0 Å². The molecule has 0 saturated heterocycles. The zero-order valence-corrected chi connectivity index (χ0v) is 24.2. The first-order valence-corrected chi connectivity index (χ1v) is 15.3. The summed E-state index contributed by atoms with van der Waals surface area (Å²) in [7, 11) is 0. The van der Waals surface area contributed by atoms with Crippen LogP contribution in [0.15, 0.2) is 170 Å². The zero-order valence-electron chi connectivity index (χ0n) is 24.2. The van der Waals surface area contributed by atoms with E-state index in [2.05, 4.69) is 170 Å². The molecule has 0 aromatic heterocycles. The molecule has 0 atom stereocenters. The van der Waals surface area contributed by atoms with Gasteiger partial charge in [0.1, 0.15) is 0 Å². The van der Waals surface area contributed by atoms with Crippen molar-refractivity contribution >= 4 is 53.9 Å². The average Bonchev–Trinajstić information content (AvgIpc) is 3.10. The summed E-state index contributed by atoms with van der Waals surface area (Å²) < 4.78 is 0. The lowest BCUT2D eigenvalue weighted by molar-refractivity contribution is 1.66. The SMILES string of the molecule is c1ccc(-c2c3ccccc3c(-c3ccc(-c4c5ccccc5cc5ccccc45)c4ccccc34)c3ccccc23)cc1. The summed E-state index contributed by atoms with van der Waals surface area (Å²) in [6.45, 7) is 0. The van der Waals surface area contributed by atoms with Crippen LogP contribution < -0.4 is 0 Å². The van der Waals surface area contributed by atoms with Gasteiger partial charge in [-0.2, -0.15) is 0 Å². The molecule has 0 heteroatoms. The summed E-state index contributed by atoms with van der Waals surface area (Å²) in [6.07, 6.45) is 0. The van der Waals surface area contributed by atoms with E-state index in [9.17, 15) is 0 Å². The maximum atomic E-state index is 2.37. The molecule has 9 aromatic carbocycles. The van der Waals surface area contributed by atoms with Gasteiger partial charge in [-0.15, -0.1) is 0 Å². The second-order valence-electron chi connectivity index (χ2n) is 11.6. The van der Waals surface area contributed by atoms with Gasteiger partial charge in [-0.3, -0.25) is 0 Å². The molecular formula is C44H28. The fourth-order valence-electron chi connectivity index (χ4n) is 7.37. The van der Waals surface area contributed by atoms with E-state index in [4.69, 9.17) is 0 Å². The Morgan fingerprint density at radius 3 is 1.05 bits per heavy atom. The third-order valence-corrected chi connectivity index (χ3v) is 9.23. The van der Waals surface area contributed by atoms with E-state index >= 15 is 0 Å². The van der Waals surface area contributed by atoms with Crippen LogP contribution >= 0.6 is 0 Å². The molecule has 0 unspecified atom stereocenters. The van der Waals surface area contributed by atoms with Gasteiger partial charge in [0.05, 0.1) is 0 Å². The summed E-state index contributed by atoms with van der Waals surface area (Å²) in [5.41, 5.74) is 7.67. The Kier molecular flexibility index (Phi) is 5.61. The molecule has 0 bridgehead atoms. The maximum Gasteiger partial charge on any atom is -0.00201 e. The number of rotatable bonds is 3. The van der Waals surface area contributed by atoms with Crippen LogP contribution in [0.4, 0.5) is 0 Å². The predicted octanol–water partition coefficient (Wildman–Crippen LogP) is 12.5. The Bertz CT molecular complexity index is 2430. The number of fused-ring (bicyclic) bond motifs is 5. The Morgan fingerprint density at radius 1 is 0.227 bits per heavy atom. The molecule has 0 aliphatic rings. The fraction of sp³-hybridized carbons (Fsp3) is 0. The van der Waals surface area contributed by atoms with Crippen molar-refractivity contribution < 1.29 is 0 Å². The van der Waals surface area contributed by atoms with Crippen molar-refractivity contribution in [1.82, 2.24) is 0 Å². The predicted molar refractivity (Wildman–Crippen MR) is 190 cm³/mol. The van der Waals surface area contributed by atoms with E-state index in [0.29, 0.717) is 0 Å². The van der Waals surface area contributed by atoms with Gasteiger partial charge in [0.2, 0.25) is 0 Å². The van der Waals surface area contributed by atoms with Gasteiger partial charge in [-0.1, -0.05) is 164 Å². The highest BCUT2D eigenvalue weighted by Gasteiger charge is 2.20. The first-order chi connectivity index (χ1) is 21.9. The van der Waals surface area contributed by atoms with Gasteiger partial charge in [0.15, 0.2) is 0 Å². The van der Waals surface area contributed by atoms with E-state index in [1.807, 2.05) is 0 Å². The highest BCUT2D eigenvalue weighted by atomic mass is 14.2. The molecule has 0 N–H and O–H groups in total. The van der Waals surface area contributed by atoms with Crippen molar-refractivity contribution in [3.63, 3.8) is 0 Å². The first kappa shape index (κ1) is 24.8. The van der Waals surface area contributed by atoms with Crippen LogP contribution in [0.1, 0.15) is 0 Å². The highest BCUT2D eigenvalue weighted by molar-refractivity contribution is 6.25. The molecule has 0 fully saturated rings. The lowest BCUT2D eigenvalue weighted by Gasteiger charge is -2.20. The Labute approximate surface area is 256 Å². The average molecular weight is 557 g/mol. The quantitative estimate of drug-likeness (QED) is 0.190. The lowest BCUT2D eigenvalue weighted by atomic mass is 9.83. The maximum absolute atomic E-state index is 2.37. The summed E-state index contributed by atoms with van der Waals surface area (Å²) in [5, 5.41) is 12.8. The summed E-state index contributed by atoms with van der Waals surface area (Å²) in [4.78, 5) is 0. The van der Waals surface area contributed by atoms with Crippen LogP contribution in [-0.2, 0) is 0 Å². The minimum atomic E-state index is 1.24. The summed E-state index contributed by atoms with van der Waals surface area (Å²) in [5.74, 6) is 0. The molecule has 0 aliphatic carbocycles. The van der Waals surface area contributed by atoms with E-state index in [1.54, 1.807) is 0 Å². The minimum Gasteiger partial charge on any atom is -0.0622 e. The van der Waals surface area contributed by atoms with Gasteiger partial charge in [0, 0.05) is 0 Å². The van der Waals surface area contributed by atoms with Crippen LogP contribution in [0, 0.1) is 0 Å². The minimum absolute atomic E-state index is 1.24. The second-order valence-corrected chi connectivity index (χ2v) is 11.6. The van der Waals surface area contributed by atoms with Gasteiger partial charge in [-0.25, -0.2) is 0 Å². The molecule has 9 aromatic rings. The van der Waals surface area contributed by atoms with Crippen LogP contribution in [0.2, 0.25) is 0 Å². The van der Waals surface area contributed by atoms with Crippen LogP contribution in [0.3, 0.4) is 0 Å². The molecule has 204 valence electrons. The Morgan fingerprint density at radius 2 is 0.568 bits per heavy atom. The Balaban J connectivity index is 1.41. The van der Waals surface area contributed by atoms with Gasteiger partial charge in [-0.05, 0) is 93.3 Å². The molecule has 0 spiro atoms. The van der Waals surface area contributed by atoms with E-state index < -0.39 is 0 Å². The summed E-state index contributed by atoms with van der Waals surface area (Å²) >= 11 is 0. The van der Waals surface area contributed by atoms with Crippen molar-refractivity contribution in [2.45, 2.75) is 0 Å². The number of hydrogen-bond donors (Lipinski definition) is 0. The van der Waals surface area contributed by atoms with E-state index in [1.165, 1.54) is 87.2 Å². The Hall–Kier alpha value is -5.72. The smallest absolute Gasteiger partial charge is 0.00201 e. The largest absolute Gasteiger partial charge is 0.0622 e. The third-order valence-electron chi connectivity index (χ3n) is 9.23. The van der Waals surface area contributed by atoms with Crippen LogP contribution in [0.5, 0.6) is 0 Å². The monoisotopic (exact) mass is 556 g/mol. The molecule has 0 heterocycles. The molecule has 0 aliphatic heterocycles. The second kappa shape index (κ2) is 9.93. The number of hydrogen-bond acceptors (Lipinski definition) is 0. The van der Waals surface area contributed by atoms with Gasteiger partial charge < -0.3 is 0 Å². The van der Waals surface area contributed by atoms with E-state index in [0.717, 1.165) is 0 Å². The molecule has 44 heavy (non-hydrogen) atoms. The summed E-state index contributed by atoms with van der Waals surface area (Å²) in [6, 6.07) is 62.2. The molecule has 0 saturated carbocycles. The van der Waals surface area contributed by atoms with Gasteiger partial charge in [0.25, 0.3) is 0 Å². The van der Waals surface area contributed by atoms with Gasteiger partial charge >= 0.3 is 0 Å². The van der Waals surface area contributed by atoms with Crippen molar-refractivity contribution in [2.75, 3.05) is 0 Å². The standard InChI is InChI=1S/C44H28/c1-2-14-29(15-3-1)42-36-22-10-12-24-38(36)44(39-25-13-11-23-37(39)42)41-27-26-40(34-20-8-9-21-35(34)41)43-32-18-6-4-16-30(32)28-31-17-5-7-19-33(31)43/h1-28H. The zero-order chi connectivity index (χ0) is 29.0. The first-order valence-electron chi connectivity index (χ1n) is 15.3. The van der Waals surface area contributed by atoms with Crippen LogP contribution in [0.25, 0.3) is 87.2 Å². The van der Waals surface area contributed by atoms with Crippen molar-refractivity contribution in [1.29, 1.82) is 0 Å². The lowest BCUT2D eigenvalue weighted by Crippen LogP contribution is -1.93. The van der Waals surface area contributed by atoms with Crippen LogP contribution in [-0.4, -0.2) is 0 Å². The third kappa shape index (κ3) is 3.71. The molecule has 0 nitrogen and oxygen atoms in total. The van der Waals surface area contributed by atoms with Crippen molar-refractivity contribution in [3.8, 4) is 33.4 Å². The molecule has 9 rings (SSSR count). The van der Waals surface area contributed by atoms with E-state index in [-0.39, 0.29) is 0 Å². The molecule has 0 radical (unpaired) electrons. The number of benzene rings is 9. The molecule has 0 amide bonds. The highest BCUT2D eigenvalue weighted by Crippen LogP contribution is 2.47. The normalized spacial score (nSPS) is 11.6. The molecular weight excluding hydrogens is 528 g/mol. The topological polar surface area (TPSA) is 0 Å². The fourth-order valence-corrected chi connectivity index (χ4v) is 7.37. The van der Waals surface area contributed by atoms with Crippen molar-refractivity contribution in [3.05, 3.63) is 170 Å².